The van der Waals surface area contributed by atoms with Crippen molar-refractivity contribution in [2.45, 2.75) is 31.7 Å². The second-order valence-electron chi connectivity index (χ2n) is 7.85. The van der Waals surface area contributed by atoms with Gasteiger partial charge in [-0.15, -0.1) is 0 Å². The Labute approximate surface area is 155 Å². The van der Waals surface area contributed by atoms with Crippen molar-refractivity contribution in [3.63, 3.8) is 0 Å². The van der Waals surface area contributed by atoms with E-state index in [1.54, 1.807) is 0 Å². The molecule has 3 heterocycles. The molecule has 3 heteroatoms. The largest absolute Gasteiger partial charge is 0.322 e. The molecule has 3 nitrogen and oxygen atoms in total. The summed E-state index contributed by atoms with van der Waals surface area (Å²) in [5.41, 5.74) is 4.01. The molecule has 2 aliphatic heterocycles. The molecule has 1 saturated heterocycles. The van der Waals surface area contributed by atoms with Crippen LogP contribution in [-0.4, -0.2) is 36.1 Å². The van der Waals surface area contributed by atoms with E-state index in [1.165, 1.54) is 46.2 Å². The first-order chi connectivity index (χ1) is 12.7. The molecule has 2 aliphatic rings. The number of benzene rings is 2. The maximum absolute atomic E-state index is 4.91. The number of rotatable bonds is 1. The summed E-state index contributed by atoms with van der Waals surface area (Å²) in [4.78, 5) is 9.93. The van der Waals surface area contributed by atoms with Gasteiger partial charge in [-0.2, -0.15) is 0 Å². The second-order valence-corrected chi connectivity index (χ2v) is 7.85. The first kappa shape index (κ1) is 15.8. The Morgan fingerprint density at radius 1 is 1.00 bits per heavy atom. The van der Waals surface area contributed by atoms with Gasteiger partial charge in [0.15, 0.2) is 0 Å². The molecule has 0 radical (unpaired) electrons. The zero-order valence-electron chi connectivity index (χ0n) is 15.5. The second kappa shape index (κ2) is 6.10. The van der Waals surface area contributed by atoms with Crippen LogP contribution in [0.25, 0.3) is 10.8 Å². The van der Waals surface area contributed by atoms with Crippen LogP contribution in [0, 0.1) is 6.92 Å². The van der Waals surface area contributed by atoms with E-state index in [9.17, 15) is 0 Å². The summed E-state index contributed by atoms with van der Waals surface area (Å²) < 4.78 is 0. The van der Waals surface area contributed by atoms with Gasteiger partial charge < -0.3 is 9.80 Å². The van der Waals surface area contributed by atoms with Crippen LogP contribution in [0.3, 0.4) is 0 Å². The number of nitrogens with zero attached hydrogens (tertiary/aromatic N) is 3. The van der Waals surface area contributed by atoms with Crippen molar-refractivity contribution in [1.29, 1.82) is 0 Å². The van der Waals surface area contributed by atoms with E-state index in [0.717, 1.165) is 13.1 Å². The van der Waals surface area contributed by atoms with Crippen LogP contribution >= 0.6 is 0 Å². The maximum Gasteiger partial charge on any atom is 0.136 e. The highest BCUT2D eigenvalue weighted by Gasteiger charge is 2.41. The standard InChI is InChI=1S/C23H25N3/c1-16-14-20-19-10-12-25(2)13-11-22(19)26(23(20)24-15-16)21-9-5-7-17-6-3-4-8-18(17)21/h3-9,14-15,19,22H,10-13H2,1-2H3. The van der Waals surface area contributed by atoms with E-state index in [2.05, 4.69) is 72.3 Å². The molecule has 0 saturated carbocycles. The molecular formula is C23H25N3. The third-order valence-corrected chi connectivity index (χ3v) is 6.11. The predicted octanol–water partition coefficient (Wildman–Crippen LogP) is 4.87. The number of hydrogen-bond acceptors (Lipinski definition) is 3. The molecule has 2 unspecified atom stereocenters. The van der Waals surface area contributed by atoms with E-state index < -0.39 is 0 Å². The minimum Gasteiger partial charge on any atom is -0.322 e. The lowest BCUT2D eigenvalue weighted by Crippen LogP contribution is -2.31. The molecule has 0 bridgehead atoms. The molecule has 5 rings (SSSR count). The molecule has 2 atom stereocenters. The van der Waals surface area contributed by atoms with Gasteiger partial charge in [-0.3, -0.25) is 0 Å². The summed E-state index contributed by atoms with van der Waals surface area (Å²) in [6, 6.07) is 18.2. The number of pyridine rings is 1. The Morgan fingerprint density at radius 2 is 1.81 bits per heavy atom. The van der Waals surface area contributed by atoms with Crippen LogP contribution in [-0.2, 0) is 0 Å². The summed E-state index contributed by atoms with van der Waals surface area (Å²) in [5, 5.41) is 2.62. The summed E-state index contributed by atoms with van der Waals surface area (Å²) in [6.07, 6.45) is 4.41. The Balaban J connectivity index is 1.72. The van der Waals surface area contributed by atoms with Gasteiger partial charge in [0.1, 0.15) is 5.82 Å². The van der Waals surface area contributed by atoms with Gasteiger partial charge in [0, 0.05) is 29.1 Å². The van der Waals surface area contributed by atoms with E-state index in [-0.39, 0.29) is 0 Å². The normalized spacial score (nSPS) is 22.9. The van der Waals surface area contributed by atoms with Gasteiger partial charge in [-0.05, 0) is 56.9 Å². The fourth-order valence-electron chi connectivity index (χ4n) is 4.82. The van der Waals surface area contributed by atoms with Gasteiger partial charge in [0.25, 0.3) is 0 Å². The van der Waals surface area contributed by atoms with Crippen molar-refractivity contribution in [1.82, 2.24) is 9.88 Å². The Kier molecular flexibility index (Phi) is 3.71. The number of likely N-dealkylation sites (tertiary alicyclic amines) is 1. The van der Waals surface area contributed by atoms with Crippen molar-refractivity contribution in [2.75, 3.05) is 25.0 Å². The van der Waals surface area contributed by atoms with Crippen molar-refractivity contribution in [3.8, 4) is 0 Å². The molecule has 2 aromatic carbocycles. The molecule has 3 aromatic rings. The third kappa shape index (κ3) is 2.42. The van der Waals surface area contributed by atoms with E-state index in [0.29, 0.717) is 12.0 Å². The highest BCUT2D eigenvalue weighted by atomic mass is 15.3. The fourth-order valence-corrected chi connectivity index (χ4v) is 4.82. The van der Waals surface area contributed by atoms with Crippen LogP contribution in [0.5, 0.6) is 0 Å². The van der Waals surface area contributed by atoms with Gasteiger partial charge in [-0.1, -0.05) is 42.5 Å². The monoisotopic (exact) mass is 343 g/mol. The van der Waals surface area contributed by atoms with Gasteiger partial charge >= 0.3 is 0 Å². The number of anilines is 2. The van der Waals surface area contributed by atoms with Crippen LogP contribution in [0.1, 0.15) is 29.9 Å². The Bertz CT molecular complexity index is 959. The molecule has 132 valence electrons. The topological polar surface area (TPSA) is 19.4 Å². The molecule has 0 spiro atoms. The van der Waals surface area contributed by atoms with E-state index >= 15 is 0 Å². The first-order valence-electron chi connectivity index (χ1n) is 9.64. The lowest BCUT2D eigenvalue weighted by atomic mass is 9.91. The third-order valence-electron chi connectivity index (χ3n) is 6.11. The summed E-state index contributed by atoms with van der Waals surface area (Å²) in [7, 11) is 2.25. The quantitative estimate of drug-likeness (QED) is 0.628. The van der Waals surface area contributed by atoms with Crippen molar-refractivity contribution in [3.05, 3.63) is 65.9 Å². The SMILES string of the molecule is Cc1cnc2c(c1)C1CCN(C)CCC1N2c1cccc2ccccc12. The molecule has 0 N–H and O–H groups in total. The number of hydrogen-bond donors (Lipinski definition) is 0. The first-order valence-corrected chi connectivity index (χ1v) is 9.64. The van der Waals surface area contributed by atoms with Crippen molar-refractivity contribution < 1.29 is 0 Å². The van der Waals surface area contributed by atoms with Crippen molar-refractivity contribution in [2.24, 2.45) is 0 Å². The minimum atomic E-state index is 0.495. The van der Waals surface area contributed by atoms with Crippen molar-refractivity contribution >= 4 is 22.3 Å². The number of fused-ring (bicyclic) bond motifs is 4. The zero-order chi connectivity index (χ0) is 17.7. The summed E-state index contributed by atoms with van der Waals surface area (Å²) in [6.45, 7) is 4.47. The lowest BCUT2D eigenvalue weighted by Gasteiger charge is -2.30. The summed E-state index contributed by atoms with van der Waals surface area (Å²) >= 11 is 0. The zero-order valence-corrected chi connectivity index (χ0v) is 15.5. The fraction of sp³-hybridized carbons (Fsp3) is 0.348. The predicted molar refractivity (Wildman–Crippen MR) is 108 cm³/mol. The highest BCUT2D eigenvalue weighted by molar-refractivity contribution is 5.96. The van der Waals surface area contributed by atoms with Gasteiger partial charge in [0.2, 0.25) is 0 Å². The number of aryl methyl sites for hydroxylation is 1. The van der Waals surface area contributed by atoms with E-state index in [4.69, 9.17) is 4.98 Å². The molecular weight excluding hydrogens is 318 g/mol. The lowest BCUT2D eigenvalue weighted by molar-refractivity contribution is 0.346. The molecule has 26 heavy (non-hydrogen) atoms. The van der Waals surface area contributed by atoms with Gasteiger partial charge in [0.05, 0.1) is 5.69 Å². The van der Waals surface area contributed by atoms with Crippen LogP contribution in [0.4, 0.5) is 11.5 Å². The summed E-state index contributed by atoms with van der Waals surface area (Å²) in [5.74, 6) is 1.74. The smallest absolute Gasteiger partial charge is 0.136 e. The molecule has 0 aliphatic carbocycles. The maximum atomic E-state index is 4.91. The molecule has 1 fully saturated rings. The molecule has 0 amide bonds. The Hall–Kier alpha value is -2.39. The minimum absolute atomic E-state index is 0.495. The van der Waals surface area contributed by atoms with Crippen LogP contribution in [0.2, 0.25) is 0 Å². The van der Waals surface area contributed by atoms with Gasteiger partial charge in [-0.25, -0.2) is 4.98 Å². The van der Waals surface area contributed by atoms with Crippen LogP contribution < -0.4 is 4.90 Å². The highest BCUT2D eigenvalue weighted by Crippen LogP contribution is 2.49. The average molecular weight is 343 g/mol. The Morgan fingerprint density at radius 3 is 2.73 bits per heavy atom. The molecule has 1 aromatic heterocycles. The van der Waals surface area contributed by atoms with E-state index in [1.807, 2.05) is 6.20 Å². The van der Waals surface area contributed by atoms with Crippen LogP contribution in [0.15, 0.2) is 54.7 Å². The number of aromatic nitrogens is 1. The average Bonchev–Trinajstić information content (AvgIpc) is 2.83.